The SMILES string of the molecule is CC(S(C)=O)C(C)(C)C. The van der Waals surface area contributed by atoms with Gasteiger partial charge in [0.25, 0.3) is 0 Å². The Morgan fingerprint density at radius 3 is 1.67 bits per heavy atom. The number of rotatable bonds is 1. The van der Waals surface area contributed by atoms with Gasteiger partial charge >= 0.3 is 0 Å². The van der Waals surface area contributed by atoms with Crippen molar-refractivity contribution in [2.75, 3.05) is 6.26 Å². The minimum Gasteiger partial charge on any atom is -0.260 e. The third-order valence-corrected chi connectivity index (χ3v) is 3.42. The van der Waals surface area contributed by atoms with E-state index >= 15 is 0 Å². The van der Waals surface area contributed by atoms with Crippen LogP contribution >= 0.6 is 0 Å². The van der Waals surface area contributed by atoms with Crippen molar-refractivity contribution in [2.45, 2.75) is 32.9 Å². The summed E-state index contributed by atoms with van der Waals surface area (Å²) in [5, 5.41) is 0.289. The predicted molar refractivity (Wildman–Crippen MR) is 43.0 cm³/mol. The van der Waals surface area contributed by atoms with Gasteiger partial charge in [0.2, 0.25) is 0 Å². The topological polar surface area (TPSA) is 17.1 Å². The fraction of sp³-hybridized carbons (Fsp3) is 1.00. The molecule has 0 aromatic heterocycles. The van der Waals surface area contributed by atoms with Crippen LogP contribution in [0.2, 0.25) is 0 Å². The van der Waals surface area contributed by atoms with Crippen LogP contribution in [0.15, 0.2) is 0 Å². The maximum Gasteiger partial charge on any atom is 0.0365 e. The molecule has 2 unspecified atom stereocenters. The zero-order valence-electron chi connectivity index (χ0n) is 6.89. The van der Waals surface area contributed by atoms with Crippen molar-refractivity contribution in [1.29, 1.82) is 0 Å². The first-order chi connectivity index (χ1) is 3.85. The number of hydrogen-bond donors (Lipinski definition) is 0. The van der Waals surface area contributed by atoms with Crippen LogP contribution in [0.5, 0.6) is 0 Å². The molecule has 0 amide bonds. The average molecular weight is 148 g/mol. The highest BCUT2D eigenvalue weighted by atomic mass is 32.2. The van der Waals surface area contributed by atoms with E-state index in [9.17, 15) is 4.21 Å². The van der Waals surface area contributed by atoms with E-state index in [0.717, 1.165) is 0 Å². The summed E-state index contributed by atoms with van der Waals surface area (Å²) in [6.07, 6.45) is 1.76. The predicted octanol–water partition coefficient (Wildman–Crippen LogP) is 1.80. The highest BCUT2D eigenvalue weighted by molar-refractivity contribution is 7.84. The maximum absolute atomic E-state index is 10.9. The van der Waals surface area contributed by atoms with Crippen LogP contribution in [-0.2, 0) is 10.8 Å². The lowest BCUT2D eigenvalue weighted by atomic mass is 9.93. The Labute approximate surface area is 60.3 Å². The summed E-state index contributed by atoms with van der Waals surface area (Å²) >= 11 is 0. The molecule has 2 atom stereocenters. The normalized spacial score (nSPS) is 19.2. The van der Waals surface area contributed by atoms with Gasteiger partial charge in [0.15, 0.2) is 0 Å². The first kappa shape index (κ1) is 9.15. The second kappa shape index (κ2) is 2.82. The van der Waals surface area contributed by atoms with Crippen LogP contribution in [0.4, 0.5) is 0 Å². The van der Waals surface area contributed by atoms with Gasteiger partial charge in [-0.1, -0.05) is 27.7 Å². The molecule has 0 fully saturated rings. The Kier molecular flexibility index (Phi) is 2.87. The molecule has 0 N–H and O–H groups in total. The fourth-order valence-corrected chi connectivity index (χ4v) is 1.49. The van der Waals surface area contributed by atoms with Crippen molar-refractivity contribution in [3.05, 3.63) is 0 Å². The smallest absolute Gasteiger partial charge is 0.0365 e. The molecule has 0 rings (SSSR count). The Balaban J connectivity index is 4.04. The molecule has 0 heterocycles. The Bertz CT molecular complexity index is 113. The van der Waals surface area contributed by atoms with Gasteiger partial charge in [0.1, 0.15) is 0 Å². The monoisotopic (exact) mass is 148 g/mol. The minimum atomic E-state index is -0.680. The summed E-state index contributed by atoms with van der Waals surface area (Å²) in [7, 11) is -0.680. The van der Waals surface area contributed by atoms with Crippen LogP contribution < -0.4 is 0 Å². The Morgan fingerprint density at radius 2 is 1.67 bits per heavy atom. The number of hydrogen-bond acceptors (Lipinski definition) is 1. The molecule has 0 saturated carbocycles. The van der Waals surface area contributed by atoms with Crippen molar-refractivity contribution < 1.29 is 4.21 Å². The molecule has 0 bridgehead atoms. The van der Waals surface area contributed by atoms with E-state index < -0.39 is 10.8 Å². The average Bonchev–Trinajstić information content (AvgIpc) is 1.62. The first-order valence-electron chi connectivity index (χ1n) is 3.18. The zero-order chi connectivity index (χ0) is 7.65. The molecule has 0 aliphatic carbocycles. The molecule has 9 heavy (non-hydrogen) atoms. The summed E-state index contributed by atoms with van der Waals surface area (Å²) in [5.74, 6) is 0. The van der Waals surface area contributed by atoms with E-state index in [1.165, 1.54) is 0 Å². The highest BCUT2D eigenvalue weighted by Gasteiger charge is 2.22. The maximum atomic E-state index is 10.9. The van der Waals surface area contributed by atoms with E-state index in [4.69, 9.17) is 0 Å². The van der Waals surface area contributed by atoms with E-state index in [-0.39, 0.29) is 10.7 Å². The Hall–Kier alpha value is 0.150. The van der Waals surface area contributed by atoms with Crippen molar-refractivity contribution >= 4 is 10.8 Å². The lowest BCUT2D eigenvalue weighted by Gasteiger charge is -2.24. The van der Waals surface area contributed by atoms with Gasteiger partial charge in [-0.25, -0.2) is 0 Å². The summed E-state index contributed by atoms with van der Waals surface area (Å²) in [6.45, 7) is 8.35. The van der Waals surface area contributed by atoms with Crippen LogP contribution in [0.1, 0.15) is 27.7 Å². The molecule has 56 valence electrons. The lowest BCUT2D eigenvalue weighted by molar-refractivity contribution is 0.404. The molecule has 1 nitrogen and oxygen atoms in total. The minimum absolute atomic E-state index is 0.180. The van der Waals surface area contributed by atoms with Crippen LogP contribution in [0.3, 0.4) is 0 Å². The fourth-order valence-electron chi connectivity index (χ4n) is 0.498. The molecule has 0 saturated heterocycles. The standard InChI is InChI=1S/C7H16OS/c1-6(9(5)8)7(2,3)4/h6H,1-5H3. The van der Waals surface area contributed by atoms with E-state index in [1.54, 1.807) is 6.26 Å². The summed E-state index contributed by atoms with van der Waals surface area (Å²) in [5.41, 5.74) is 0.180. The van der Waals surface area contributed by atoms with E-state index in [2.05, 4.69) is 20.8 Å². The van der Waals surface area contributed by atoms with Gasteiger partial charge < -0.3 is 0 Å². The van der Waals surface area contributed by atoms with E-state index in [0.29, 0.717) is 0 Å². The van der Waals surface area contributed by atoms with Crippen molar-refractivity contribution in [1.82, 2.24) is 0 Å². The van der Waals surface area contributed by atoms with Crippen LogP contribution in [0.25, 0.3) is 0 Å². The van der Waals surface area contributed by atoms with Gasteiger partial charge in [-0.2, -0.15) is 0 Å². The molecule has 0 aromatic rings. The van der Waals surface area contributed by atoms with Crippen LogP contribution in [0, 0.1) is 5.41 Å². The largest absolute Gasteiger partial charge is 0.260 e. The molecule has 0 aliphatic heterocycles. The first-order valence-corrected chi connectivity index (χ1v) is 4.80. The zero-order valence-corrected chi connectivity index (χ0v) is 7.71. The third-order valence-electron chi connectivity index (χ3n) is 1.72. The van der Waals surface area contributed by atoms with Gasteiger partial charge in [-0.3, -0.25) is 4.21 Å². The molecule has 0 radical (unpaired) electrons. The molecular weight excluding hydrogens is 132 g/mol. The summed E-state index contributed by atoms with van der Waals surface area (Å²) in [4.78, 5) is 0. The molecule has 2 heteroatoms. The second-order valence-corrected chi connectivity index (χ2v) is 5.21. The summed E-state index contributed by atoms with van der Waals surface area (Å²) in [6, 6.07) is 0. The van der Waals surface area contributed by atoms with Gasteiger partial charge in [0.05, 0.1) is 0 Å². The molecule has 0 spiro atoms. The van der Waals surface area contributed by atoms with Gasteiger partial charge in [-0.05, 0) is 5.41 Å². The second-order valence-electron chi connectivity index (χ2n) is 3.51. The van der Waals surface area contributed by atoms with Gasteiger partial charge in [0, 0.05) is 22.3 Å². The molecular formula is C7H16OS. The highest BCUT2D eigenvalue weighted by Crippen LogP contribution is 2.22. The third kappa shape index (κ3) is 2.99. The van der Waals surface area contributed by atoms with Crippen molar-refractivity contribution in [3.63, 3.8) is 0 Å². The summed E-state index contributed by atoms with van der Waals surface area (Å²) < 4.78 is 10.9. The Morgan fingerprint density at radius 1 is 1.33 bits per heavy atom. The van der Waals surface area contributed by atoms with Crippen LogP contribution in [-0.4, -0.2) is 15.7 Å². The molecule has 0 aromatic carbocycles. The van der Waals surface area contributed by atoms with Gasteiger partial charge in [-0.15, -0.1) is 0 Å². The molecule has 0 aliphatic rings. The lowest BCUT2D eigenvalue weighted by Crippen LogP contribution is -2.26. The van der Waals surface area contributed by atoms with Crippen molar-refractivity contribution in [3.8, 4) is 0 Å². The quantitative estimate of drug-likeness (QED) is 0.554. The van der Waals surface area contributed by atoms with Crippen molar-refractivity contribution in [2.24, 2.45) is 5.41 Å². The van der Waals surface area contributed by atoms with E-state index in [1.807, 2.05) is 6.92 Å².